The second kappa shape index (κ2) is 5.49. The van der Waals surface area contributed by atoms with Gasteiger partial charge < -0.3 is 10.4 Å². The number of benzene rings is 1. The monoisotopic (exact) mass is 225 g/mol. The molecule has 3 nitrogen and oxygen atoms in total. The maximum atomic E-state index is 13.3. The number of hydrogen-bond acceptors (Lipinski definition) is 2. The van der Waals surface area contributed by atoms with Crippen LogP contribution in [0.3, 0.4) is 0 Å². The summed E-state index contributed by atoms with van der Waals surface area (Å²) in [5, 5.41) is 11.9. The molecular weight excluding hydrogens is 209 g/mol. The molecule has 0 saturated carbocycles. The molecule has 0 aromatic heterocycles. The molecule has 1 aromatic rings. The molecule has 0 saturated heterocycles. The summed E-state index contributed by atoms with van der Waals surface area (Å²) in [5.41, 5.74) is 0.0545. The molecule has 1 unspecified atom stereocenters. The molecule has 1 rings (SSSR count). The lowest BCUT2D eigenvalue weighted by molar-refractivity contribution is 0.0693. The van der Waals surface area contributed by atoms with E-state index >= 15 is 0 Å². The second-order valence-electron chi connectivity index (χ2n) is 3.80. The normalized spacial score (nSPS) is 12.2. The van der Waals surface area contributed by atoms with Crippen molar-refractivity contribution < 1.29 is 14.3 Å². The quantitative estimate of drug-likeness (QED) is 0.809. The molecule has 4 heteroatoms. The summed E-state index contributed by atoms with van der Waals surface area (Å²) >= 11 is 0. The van der Waals surface area contributed by atoms with E-state index in [1.54, 1.807) is 6.07 Å². The first-order valence-corrected chi connectivity index (χ1v) is 5.34. The Morgan fingerprint density at radius 2 is 2.25 bits per heavy atom. The van der Waals surface area contributed by atoms with E-state index < -0.39 is 11.8 Å². The lowest BCUT2D eigenvalue weighted by Gasteiger charge is -2.16. The maximum Gasteiger partial charge on any atom is 0.340 e. The molecule has 88 valence electrons. The van der Waals surface area contributed by atoms with Crippen LogP contribution in [-0.2, 0) is 0 Å². The molecule has 2 N–H and O–H groups in total. The van der Waals surface area contributed by atoms with E-state index in [2.05, 4.69) is 5.32 Å². The molecule has 0 spiro atoms. The van der Waals surface area contributed by atoms with E-state index in [0.717, 1.165) is 18.9 Å². The highest BCUT2D eigenvalue weighted by atomic mass is 19.1. The van der Waals surface area contributed by atoms with Crippen LogP contribution in [0.5, 0.6) is 0 Å². The van der Waals surface area contributed by atoms with Crippen molar-refractivity contribution in [3.63, 3.8) is 0 Å². The van der Waals surface area contributed by atoms with Gasteiger partial charge in [-0.3, -0.25) is 0 Å². The lowest BCUT2D eigenvalue weighted by Crippen LogP contribution is -2.17. The van der Waals surface area contributed by atoms with Crippen molar-refractivity contribution >= 4 is 11.7 Å². The first-order chi connectivity index (χ1) is 7.56. The molecule has 0 aliphatic heterocycles. The van der Waals surface area contributed by atoms with E-state index in [1.807, 2.05) is 13.8 Å². The standard InChI is InChI=1S/C12H16FNO2/c1-3-5-8(2)14-10-7-4-6-9(13)11(10)12(15)16/h4,6-8,14H,3,5H2,1-2H3,(H,15,16). The number of hydrogen-bond donors (Lipinski definition) is 2. The minimum Gasteiger partial charge on any atom is -0.478 e. The van der Waals surface area contributed by atoms with Crippen LogP contribution in [0.15, 0.2) is 18.2 Å². The molecule has 0 aliphatic carbocycles. The summed E-state index contributed by atoms with van der Waals surface area (Å²) in [5.74, 6) is -1.95. The lowest BCUT2D eigenvalue weighted by atomic mass is 10.1. The van der Waals surface area contributed by atoms with Crippen molar-refractivity contribution in [3.8, 4) is 0 Å². The fourth-order valence-corrected chi connectivity index (χ4v) is 1.63. The van der Waals surface area contributed by atoms with Gasteiger partial charge in [0.15, 0.2) is 0 Å². The molecule has 0 heterocycles. The summed E-state index contributed by atoms with van der Waals surface area (Å²) in [7, 11) is 0. The van der Waals surface area contributed by atoms with E-state index in [9.17, 15) is 9.18 Å². The molecular formula is C12H16FNO2. The number of carboxylic acids is 1. The molecule has 0 bridgehead atoms. The second-order valence-corrected chi connectivity index (χ2v) is 3.80. The van der Waals surface area contributed by atoms with Gasteiger partial charge in [0.2, 0.25) is 0 Å². The van der Waals surface area contributed by atoms with Gasteiger partial charge in [0.25, 0.3) is 0 Å². The largest absolute Gasteiger partial charge is 0.478 e. The SMILES string of the molecule is CCCC(C)Nc1cccc(F)c1C(=O)O. The molecule has 0 amide bonds. The first kappa shape index (κ1) is 12.5. The van der Waals surface area contributed by atoms with Crippen LogP contribution in [0.1, 0.15) is 37.0 Å². The Bertz CT molecular complexity index is 379. The summed E-state index contributed by atoms with van der Waals surface area (Å²) in [6.07, 6.45) is 1.90. The smallest absolute Gasteiger partial charge is 0.340 e. The Kier molecular flexibility index (Phi) is 4.28. The average molecular weight is 225 g/mol. The summed E-state index contributed by atoms with van der Waals surface area (Å²) in [6.45, 7) is 3.99. The van der Waals surface area contributed by atoms with Gasteiger partial charge >= 0.3 is 5.97 Å². The van der Waals surface area contributed by atoms with Crippen LogP contribution < -0.4 is 5.32 Å². The van der Waals surface area contributed by atoms with Crippen LogP contribution in [0.4, 0.5) is 10.1 Å². The molecule has 0 aliphatic rings. The topological polar surface area (TPSA) is 49.3 Å². The Morgan fingerprint density at radius 3 is 2.81 bits per heavy atom. The third-order valence-corrected chi connectivity index (χ3v) is 2.35. The van der Waals surface area contributed by atoms with Crippen LogP contribution in [0, 0.1) is 5.82 Å². The van der Waals surface area contributed by atoms with Gasteiger partial charge in [-0.15, -0.1) is 0 Å². The maximum absolute atomic E-state index is 13.3. The van der Waals surface area contributed by atoms with Gasteiger partial charge in [-0.1, -0.05) is 19.4 Å². The van der Waals surface area contributed by atoms with Crippen LogP contribution >= 0.6 is 0 Å². The number of nitrogens with one attached hydrogen (secondary N) is 1. The minimum atomic E-state index is -1.25. The van der Waals surface area contributed by atoms with Gasteiger partial charge in [0.05, 0.1) is 5.69 Å². The highest BCUT2D eigenvalue weighted by molar-refractivity contribution is 5.94. The molecule has 0 fully saturated rings. The van der Waals surface area contributed by atoms with Crippen LogP contribution in [0.25, 0.3) is 0 Å². The third kappa shape index (κ3) is 2.95. The van der Waals surface area contributed by atoms with Crippen LogP contribution in [-0.4, -0.2) is 17.1 Å². The van der Waals surface area contributed by atoms with Gasteiger partial charge in [0.1, 0.15) is 11.4 Å². The Balaban J connectivity index is 2.95. The summed E-state index contributed by atoms with van der Waals surface area (Å²) in [6, 6.07) is 4.37. The number of rotatable bonds is 5. The predicted octanol–water partition coefficient (Wildman–Crippen LogP) is 3.12. The van der Waals surface area contributed by atoms with E-state index in [4.69, 9.17) is 5.11 Å². The molecule has 0 radical (unpaired) electrons. The fourth-order valence-electron chi connectivity index (χ4n) is 1.63. The van der Waals surface area contributed by atoms with E-state index in [0.29, 0.717) is 5.69 Å². The van der Waals surface area contributed by atoms with E-state index in [1.165, 1.54) is 6.07 Å². The zero-order valence-electron chi connectivity index (χ0n) is 9.46. The first-order valence-electron chi connectivity index (χ1n) is 5.34. The number of halogens is 1. The Labute approximate surface area is 94.3 Å². The molecule has 1 atom stereocenters. The fraction of sp³-hybridized carbons (Fsp3) is 0.417. The predicted molar refractivity (Wildman–Crippen MR) is 61.4 cm³/mol. The Morgan fingerprint density at radius 1 is 1.56 bits per heavy atom. The molecule has 1 aromatic carbocycles. The van der Waals surface area contributed by atoms with Crippen molar-refractivity contribution in [1.29, 1.82) is 0 Å². The Hall–Kier alpha value is -1.58. The number of anilines is 1. The van der Waals surface area contributed by atoms with Gasteiger partial charge in [-0.2, -0.15) is 0 Å². The van der Waals surface area contributed by atoms with Gasteiger partial charge in [-0.05, 0) is 25.5 Å². The number of carboxylic acid groups (broad SMARTS) is 1. The van der Waals surface area contributed by atoms with Crippen molar-refractivity contribution in [1.82, 2.24) is 0 Å². The zero-order valence-corrected chi connectivity index (χ0v) is 9.46. The number of carbonyl (C=O) groups is 1. The molecule has 16 heavy (non-hydrogen) atoms. The average Bonchev–Trinajstić information content (AvgIpc) is 2.17. The number of aromatic carboxylic acids is 1. The minimum absolute atomic E-state index is 0.130. The van der Waals surface area contributed by atoms with Crippen molar-refractivity contribution in [3.05, 3.63) is 29.6 Å². The van der Waals surface area contributed by atoms with Gasteiger partial charge in [-0.25, -0.2) is 9.18 Å². The third-order valence-electron chi connectivity index (χ3n) is 2.35. The van der Waals surface area contributed by atoms with Crippen molar-refractivity contribution in [2.75, 3.05) is 5.32 Å². The summed E-state index contributed by atoms with van der Waals surface area (Å²) < 4.78 is 13.3. The summed E-state index contributed by atoms with van der Waals surface area (Å²) in [4.78, 5) is 10.9. The highest BCUT2D eigenvalue weighted by Gasteiger charge is 2.16. The van der Waals surface area contributed by atoms with E-state index in [-0.39, 0.29) is 11.6 Å². The van der Waals surface area contributed by atoms with Crippen molar-refractivity contribution in [2.45, 2.75) is 32.7 Å². The van der Waals surface area contributed by atoms with Gasteiger partial charge in [0, 0.05) is 6.04 Å². The highest BCUT2D eigenvalue weighted by Crippen LogP contribution is 2.20. The van der Waals surface area contributed by atoms with Crippen molar-refractivity contribution in [2.24, 2.45) is 0 Å². The van der Waals surface area contributed by atoms with Crippen LogP contribution in [0.2, 0.25) is 0 Å². The zero-order chi connectivity index (χ0) is 12.1.